The van der Waals surface area contributed by atoms with Crippen LogP contribution in [0.3, 0.4) is 0 Å². The molecule has 1 heterocycles. The van der Waals surface area contributed by atoms with Gasteiger partial charge < -0.3 is 11.1 Å². The number of nitrogens with zero attached hydrogens (tertiary/aromatic N) is 1. The molecule has 0 unspecified atom stereocenters. The normalized spacial score (nSPS) is 11.5. The maximum Gasteiger partial charge on any atom is 0.189 e. The van der Waals surface area contributed by atoms with Gasteiger partial charge in [-0.2, -0.15) is 0 Å². The lowest BCUT2D eigenvalue weighted by Gasteiger charge is -2.03. The first kappa shape index (κ1) is 12.3. The van der Waals surface area contributed by atoms with E-state index in [9.17, 15) is 0 Å². The Morgan fingerprint density at radius 2 is 2.40 bits per heavy atom. The van der Waals surface area contributed by atoms with Crippen LogP contribution in [0.25, 0.3) is 0 Å². The van der Waals surface area contributed by atoms with Crippen LogP contribution in [0.15, 0.2) is 33.1 Å². The lowest BCUT2D eigenvalue weighted by atomic mass is 10.3. The Morgan fingerprint density at radius 1 is 1.67 bits per heavy atom. The van der Waals surface area contributed by atoms with Gasteiger partial charge in [0.2, 0.25) is 0 Å². The van der Waals surface area contributed by atoms with Crippen LogP contribution < -0.4 is 11.1 Å². The average molecular weight is 288 g/mol. The Bertz CT molecular complexity index is 370. The summed E-state index contributed by atoms with van der Waals surface area (Å²) in [4.78, 5) is 5.39. The first-order valence-corrected chi connectivity index (χ1v) is 6.11. The zero-order chi connectivity index (χ0) is 11.3. The van der Waals surface area contributed by atoms with Gasteiger partial charge in [-0.15, -0.1) is 11.3 Å². The summed E-state index contributed by atoms with van der Waals surface area (Å²) < 4.78 is 1.11. The van der Waals surface area contributed by atoms with Gasteiger partial charge >= 0.3 is 0 Å². The van der Waals surface area contributed by atoms with Gasteiger partial charge in [0.05, 0.1) is 10.3 Å². The summed E-state index contributed by atoms with van der Waals surface area (Å²) in [6.45, 7) is 7.00. The molecule has 15 heavy (non-hydrogen) atoms. The first-order valence-electron chi connectivity index (χ1n) is 4.50. The summed E-state index contributed by atoms with van der Waals surface area (Å²) in [6, 6.07) is 4.04. The molecule has 1 rings (SSSR count). The number of guanidine groups is 1. The van der Waals surface area contributed by atoms with Crippen molar-refractivity contribution in [2.45, 2.75) is 13.5 Å². The maximum absolute atomic E-state index is 5.67. The van der Waals surface area contributed by atoms with E-state index >= 15 is 0 Å². The number of halogens is 1. The zero-order valence-electron chi connectivity index (χ0n) is 8.59. The largest absolute Gasteiger partial charge is 0.370 e. The molecule has 0 aliphatic heterocycles. The highest BCUT2D eigenvalue weighted by Crippen LogP contribution is 2.22. The molecule has 0 fully saturated rings. The van der Waals surface area contributed by atoms with Gasteiger partial charge in [-0.3, -0.25) is 0 Å². The van der Waals surface area contributed by atoms with Gasteiger partial charge in [-0.1, -0.05) is 12.2 Å². The number of nitrogens with two attached hydrogens (primary N) is 1. The van der Waals surface area contributed by atoms with Crippen LogP contribution >= 0.6 is 27.3 Å². The second kappa shape index (κ2) is 5.92. The topological polar surface area (TPSA) is 50.4 Å². The SMILES string of the molecule is C=C(C)CNC(N)=NCc1ccc(Br)s1. The van der Waals surface area contributed by atoms with Crippen LogP contribution in [0.5, 0.6) is 0 Å². The Morgan fingerprint density at radius 3 is 2.93 bits per heavy atom. The molecule has 0 saturated carbocycles. The van der Waals surface area contributed by atoms with E-state index in [1.54, 1.807) is 11.3 Å². The minimum atomic E-state index is 0.461. The summed E-state index contributed by atoms with van der Waals surface area (Å²) in [7, 11) is 0. The molecule has 0 amide bonds. The molecule has 1 aromatic heterocycles. The number of hydrogen-bond donors (Lipinski definition) is 2. The molecule has 0 spiro atoms. The van der Waals surface area contributed by atoms with Gasteiger partial charge in [0.15, 0.2) is 5.96 Å². The lowest BCUT2D eigenvalue weighted by molar-refractivity contribution is 0.945. The van der Waals surface area contributed by atoms with Crippen molar-refractivity contribution in [2.75, 3.05) is 6.54 Å². The molecule has 0 aliphatic carbocycles. The average Bonchev–Trinajstić information content (AvgIpc) is 2.58. The van der Waals surface area contributed by atoms with E-state index in [-0.39, 0.29) is 0 Å². The third-order valence-corrected chi connectivity index (χ3v) is 3.21. The van der Waals surface area contributed by atoms with Crippen LogP contribution in [0.1, 0.15) is 11.8 Å². The van der Waals surface area contributed by atoms with E-state index in [0.29, 0.717) is 19.0 Å². The van der Waals surface area contributed by atoms with Crippen LogP contribution in [0.2, 0.25) is 0 Å². The van der Waals surface area contributed by atoms with Crippen molar-refractivity contribution in [3.8, 4) is 0 Å². The quantitative estimate of drug-likeness (QED) is 0.508. The second-order valence-electron chi connectivity index (χ2n) is 3.22. The Balaban J connectivity index is 2.40. The van der Waals surface area contributed by atoms with E-state index in [1.165, 1.54) is 4.88 Å². The Labute approximate surface area is 102 Å². The fourth-order valence-electron chi connectivity index (χ4n) is 0.897. The van der Waals surface area contributed by atoms with Crippen molar-refractivity contribution in [1.29, 1.82) is 0 Å². The molecule has 3 nitrogen and oxygen atoms in total. The van der Waals surface area contributed by atoms with Gasteiger partial charge in [0.25, 0.3) is 0 Å². The highest BCUT2D eigenvalue weighted by molar-refractivity contribution is 9.11. The number of rotatable bonds is 4. The third-order valence-electron chi connectivity index (χ3n) is 1.61. The smallest absolute Gasteiger partial charge is 0.189 e. The molecule has 0 aliphatic rings. The second-order valence-corrected chi connectivity index (χ2v) is 5.77. The number of thiophene rings is 1. The highest BCUT2D eigenvalue weighted by atomic mass is 79.9. The molecule has 0 aromatic carbocycles. The van der Waals surface area contributed by atoms with E-state index in [1.807, 2.05) is 19.1 Å². The van der Waals surface area contributed by atoms with E-state index in [2.05, 4.69) is 32.8 Å². The van der Waals surface area contributed by atoms with E-state index in [4.69, 9.17) is 5.73 Å². The molecule has 0 bridgehead atoms. The van der Waals surface area contributed by atoms with Gasteiger partial charge in [0.1, 0.15) is 0 Å². The Hall–Kier alpha value is -0.810. The van der Waals surface area contributed by atoms with E-state index in [0.717, 1.165) is 9.36 Å². The van der Waals surface area contributed by atoms with Crippen molar-refractivity contribution in [1.82, 2.24) is 5.32 Å². The lowest BCUT2D eigenvalue weighted by Crippen LogP contribution is -2.32. The van der Waals surface area contributed by atoms with Gasteiger partial charge in [-0.25, -0.2) is 4.99 Å². The summed E-state index contributed by atoms with van der Waals surface area (Å²) in [5.41, 5.74) is 6.70. The monoisotopic (exact) mass is 287 g/mol. The highest BCUT2D eigenvalue weighted by Gasteiger charge is 1.96. The minimum absolute atomic E-state index is 0.461. The number of aliphatic imine (C=N–C) groups is 1. The van der Waals surface area contributed by atoms with Crippen LogP contribution in [-0.4, -0.2) is 12.5 Å². The molecule has 5 heteroatoms. The van der Waals surface area contributed by atoms with Crippen molar-refractivity contribution in [3.63, 3.8) is 0 Å². The van der Waals surface area contributed by atoms with Crippen molar-refractivity contribution >= 4 is 33.2 Å². The van der Waals surface area contributed by atoms with Crippen molar-refractivity contribution in [3.05, 3.63) is 32.9 Å². The predicted molar refractivity (Wildman–Crippen MR) is 70.2 cm³/mol. The Kier molecular flexibility index (Phi) is 4.84. The fraction of sp³-hybridized carbons (Fsp3) is 0.300. The molecule has 0 atom stereocenters. The standard InChI is InChI=1S/C10H14BrN3S/c1-7(2)5-13-10(12)14-6-8-3-4-9(11)15-8/h3-4H,1,5-6H2,2H3,(H3,12,13,14). The van der Waals surface area contributed by atoms with Crippen molar-refractivity contribution in [2.24, 2.45) is 10.7 Å². The molecular formula is C10H14BrN3S. The molecule has 82 valence electrons. The molecule has 1 aromatic rings. The third kappa shape index (κ3) is 4.99. The van der Waals surface area contributed by atoms with Crippen LogP contribution in [-0.2, 0) is 6.54 Å². The van der Waals surface area contributed by atoms with Crippen LogP contribution in [0, 0.1) is 0 Å². The summed E-state index contributed by atoms with van der Waals surface area (Å²) in [5, 5.41) is 2.98. The summed E-state index contributed by atoms with van der Waals surface area (Å²) >= 11 is 5.06. The van der Waals surface area contributed by atoms with Gasteiger partial charge in [-0.05, 0) is 35.0 Å². The van der Waals surface area contributed by atoms with E-state index < -0.39 is 0 Å². The minimum Gasteiger partial charge on any atom is -0.370 e. The fourth-order valence-corrected chi connectivity index (χ4v) is 2.30. The molecule has 3 N–H and O–H groups in total. The number of hydrogen-bond acceptors (Lipinski definition) is 2. The molecule has 0 radical (unpaired) electrons. The number of nitrogens with one attached hydrogen (secondary N) is 1. The first-order chi connectivity index (χ1) is 7.08. The predicted octanol–water partition coefficient (Wildman–Crippen LogP) is 2.49. The molecular weight excluding hydrogens is 274 g/mol. The summed E-state index contributed by atoms with van der Waals surface area (Å²) in [6.07, 6.45) is 0. The van der Waals surface area contributed by atoms with Crippen LogP contribution in [0.4, 0.5) is 0 Å². The maximum atomic E-state index is 5.67. The van der Waals surface area contributed by atoms with Gasteiger partial charge in [0, 0.05) is 11.4 Å². The van der Waals surface area contributed by atoms with Crippen molar-refractivity contribution < 1.29 is 0 Å². The molecule has 0 saturated heterocycles. The zero-order valence-corrected chi connectivity index (χ0v) is 11.0. The summed E-state index contributed by atoms with van der Waals surface area (Å²) in [5.74, 6) is 0.461.